The van der Waals surface area contributed by atoms with Gasteiger partial charge in [-0.05, 0) is 18.2 Å². The highest BCUT2D eigenvalue weighted by molar-refractivity contribution is 6.16. The van der Waals surface area contributed by atoms with E-state index < -0.39 is 0 Å². The van der Waals surface area contributed by atoms with E-state index in [1.807, 2.05) is 31.2 Å². The highest BCUT2D eigenvalue weighted by Crippen LogP contribution is 2.28. The Morgan fingerprint density at radius 2 is 1.89 bits per heavy atom. The van der Waals surface area contributed by atoms with Gasteiger partial charge in [-0.1, -0.05) is 25.1 Å². The van der Waals surface area contributed by atoms with E-state index in [1.54, 1.807) is 24.5 Å². The fourth-order valence-corrected chi connectivity index (χ4v) is 2.24. The third-order valence-electron chi connectivity index (χ3n) is 3.16. The Kier molecular flexibility index (Phi) is 2.88. The fraction of sp³-hybridized carbons (Fsp3) is 0.125. The zero-order valence-electron chi connectivity index (χ0n) is 10.6. The Morgan fingerprint density at radius 1 is 1.16 bits per heavy atom. The molecule has 0 saturated carbocycles. The molecule has 0 unspecified atom stereocenters. The van der Waals surface area contributed by atoms with Gasteiger partial charge in [0.2, 0.25) is 0 Å². The molecule has 3 nitrogen and oxygen atoms in total. The zero-order valence-corrected chi connectivity index (χ0v) is 10.6. The van der Waals surface area contributed by atoms with Crippen molar-refractivity contribution in [2.45, 2.75) is 13.3 Å². The van der Waals surface area contributed by atoms with Crippen molar-refractivity contribution in [2.75, 3.05) is 0 Å². The minimum absolute atomic E-state index is 0.01000. The number of pyridine rings is 1. The number of hydrogen-bond acceptors (Lipinski definition) is 3. The number of nitrogens with zero attached hydrogens (tertiary/aromatic N) is 1. The summed E-state index contributed by atoms with van der Waals surface area (Å²) in [6.07, 6.45) is 3.95. The summed E-state index contributed by atoms with van der Waals surface area (Å²) in [4.78, 5) is 16.6. The molecular formula is C16H13NO2. The summed E-state index contributed by atoms with van der Waals surface area (Å²) in [6.45, 7) is 1.99. The number of carbonyl (C=O) groups is 1. The average Bonchev–Trinajstić information content (AvgIpc) is 2.86. The molecule has 0 bridgehead atoms. The number of hydrogen-bond donors (Lipinski definition) is 0. The number of ketones is 1. The van der Waals surface area contributed by atoms with Gasteiger partial charge in [-0.3, -0.25) is 9.78 Å². The molecule has 0 spiro atoms. The van der Waals surface area contributed by atoms with Crippen molar-refractivity contribution in [3.05, 3.63) is 65.7 Å². The second-order valence-electron chi connectivity index (χ2n) is 4.31. The second kappa shape index (κ2) is 4.69. The molecule has 0 aliphatic rings. The van der Waals surface area contributed by atoms with Crippen LogP contribution in [0.15, 0.2) is 53.2 Å². The van der Waals surface area contributed by atoms with Crippen LogP contribution in [0.4, 0.5) is 0 Å². The lowest BCUT2D eigenvalue weighted by atomic mass is 10.0. The Morgan fingerprint density at radius 3 is 2.63 bits per heavy atom. The number of benzene rings is 1. The highest BCUT2D eigenvalue weighted by atomic mass is 16.3. The van der Waals surface area contributed by atoms with Crippen LogP contribution in [-0.2, 0) is 6.42 Å². The molecule has 0 saturated heterocycles. The van der Waals surface area contributed by atoms with E-state index in [9.17, 15) is 4.79 Å². The monoisotopic (exact) mass is 251 g/mol. The Balaban J connectivity index is 2.21. The SMILES string of the molecule is CCc1oc2ccccc2c1C(=O)c1ccncc1. The summed E-state index contributed by atoms with van der Waals surface area (Å²) in [5, 5.41) is 0.876. The van der Waals surface area contributed by atoms with Crippen molar-refractivity contribution in [3.8, 4) is 0 Å². The van der Waals surface area contributed by atoms with Crippen molar-refractivity contribution >= 4 is 16.8 Å². The average molecular weight is 251 g/mol. The van der Waals surface area contributed by atoms with Gasteiger partial charge in [-0.25, -0.2) is 0 Å². The van der Waals surface area contributed by atoms with Crippen molar-refractivity contribution in [1.29, 1.82) is 0 Å². The normalized spacial score (nSPS) is 10.8. The molecule has 3 aromatic rings. The number of aryl methyl sites for hydroxylation is 1. The zero-order chi connectivity index (χ0) is 13.2. The van der Waals surface area contributed by atoms with E-state index in [0.717, 1.165) is 16.7 Å². The highest BCUT2D eigenvalue weighted by Gasteiger charge is 2.20. The van der Waals surface area contributed by atoms with Crippen LogP contribution in [0.3, 0.4) is 0 Å². The topological polar surface area (TPSA) is 43.1 Å². The van der Waals surface area contributed by atoms with Crippen molar-refractivity contribution < 1.29 is 9.21 Å². The van der Waals surface area contributed by atoms with Crippen LogP contribution in [0.25, 0.3) is 11.0 Å². The number of para-hydroxylation sites is 1. The summed E-state index contributed by atoms with van der Waals surface area (Å²) in [7, 11) is 0. The third-order valence-corrected chi connectivity index (χ3v) is 3.16. The van der Waals surface area contributed by atoms with E-state index in [-0.39, 0.29) is 5.78 Å². The molecule has 2 heterocycles. The Hall–Kier alpha value is -2.42. The van der Waals surface area contributed by atoms with E-state index >= 15 is 0 Å². The standard InChI is InChI=1S/C16H13NO2/c1-2-13-15(12-5-3-4-6-14(12)19-13)16(18)11-7-9-17-10-8-11/h3-10H,2H2,1H3. The van der Waals surface area contributed by atoms with Crippen LogP contribution in [0, 0.1) is 0 Å². The van der Waals surface area contributed by atoms with Crippen LogP contribution in [0.1, 0.15) is 28.6 Å². The molecule has 0 N–H and O–H groups in total. The van der Waals surface area contributed by atoms with Crippen LogP contribution >= 0.6 is 0 Å². The molecule has 0 radical (unpaired) electrons. The minimum Gasteiger partial charge on any atom is -0.460 e. The van der Waals surface area contributed by atoms with Crippen LogP contribution < -0.4 is 0 Å². The number of fused-ring (bicyclic) bond motifs is 1. The third kappa shape index (κ3) is 1.93. The van der Waals surface area contributed by atoms with Gasteiger partial charge in [0.25, 0.3) is 0 Å². The lowest BCUT2D eigenvalue weighted by Gasteiger charge is -2.00. The largest absolute Gasteiger partial charge is 0.460 e. The smallest absolute Gasteiger partial charge is 0.197 e. The quantitative estimate of drug-likeness (QED) is 0.668. The first-order valence-corrected chi connectivity index (χ1v) is 6.26. The van der Waals surface area contributed by atoms with Gasteiger partial charge >= 0.3 is 0 Å². The number of carbonyl (C=O) groups excluding carboxylic acids is 1. The first-order chi connectivity index (χ1) is 9.31. The van der Waals surface area contributed by atoms with Crippen molar-refractivity contribution in [2.24, 2.45) is 0 Å². The molecule has 3 rings (SSSR count). The van der Waals surface area contributed by atoms with Gasteiger partial charge in [0.1, 0.15) is 11.3 Å². The van der Waals surface area contributed by atoms with Crippen molar-refractivity contribution in [1.82, 2.24) is 4.98 Å². The van der Waals surface area contributed by atoms with Gasteiger partial charge < -0.3 is 4.42 Å². The van der Waals surface area contributed by atoms with Gasteiger partial charge in [-0.2, -0.15) is 0 Å². The predicted molar refractivity (Wildman–Crippen MR) is 73.3 cm³/mol. The lowest BCUT2D eigenvalue weighted by molar-refractivity contribution is 0.103. The minimum atomic E-state index is -0.01000. The Labute approximate surface area is 110 Å². The van der Waals surface area contributed by atoms with E-state index in [1.165, 1.54) is 0 Å². The Bertz CT molecular complexity index is 729. The molecule has 19 heavy (non-hydrogen) atoms. The molecule has 1 aromatic carbocycles. The first kappa shape index (κ1) is 11.7. The number of aromatic nitrogens is 1. The maximum absolute atomic E-state index is 12.6. The number of rotatable bonds is 3. The molecular weight excluding hydrogens is 238 g/mol. The summed E-state index contributed by atoms with van der Waals surface area (Å²) in [5.41, 5.74) is 2.07. The van der Waals surface area contributed by atoms with Crippen LogP contribution in [0.2, 0.25) is 0 Å². The number of furan rings is 1. The predicted octanol–water partition coefficient (Wildman–Crippen LogP) is 3.62. The van der Waals surface area contributed by atoms with E-state index in [4.69, 9.17) is 4.42 Å². The molecule has 3 heteroatoms. The molecule has 0 atom stereocenters. The van der Waals surface area contributed by atoms with Crippen LogP contribution in [0.5, 0.6) is 0 Å². The van der Waals surface area contributed by atoms with Crippen molar-refractivity contribution in [3.63, 3.8) is 0 Å². The maximum atomic E-state index is 12.6. The van der Waals surface area contributed by atoms with E-state index in [2.05, 4.69) is 4.98 Å². The maximum Gasteiger partial charge on any atom is 0.197 e. The van der Waals surface area contributed by atoms with Gasteiger partial charge in [-0.15, -0.1) is 0 Å². The summed E-state index contributed by atoms with van der Waals surface area (Å²) >= 11 is 0. The molecule has 0 aliphatic heterocycles. The van der Waals surface area contributed by atoms with Gasteiger partial charge in [0, 0.05) is 29.8 Å². The molecule has 0 fully saturated rings. The lowest BCUT2D eigenvalue weighted by Crippen LogP contribution is -2.03. The fourth-order valence-electron chi connectivity index (χ4n) is 2.24. The van der Waals surface area contributed by atoms with E-state index in [0.29, 0.717) is 17.5 Å². The van der Waals surface area contributed by atoms with Gasteiger partial charge in [0.05, 0.1) is 5.56 Å². The second-order valence-corrected chi connectivity index (χ2v) is 4.31. The molecule has 0 amide bonds. The molecule has 2 aromatic heterocycles. The summed E-state index contributed by atoms with van der Waals surface area (Å²) in [6, 6.07) is 11.1. The van der Waals surface area contributed by atoms with Gasteiger partial charge in [0.15, 0.2) is 5.78 Å². The molecule has 0 aliphatic carbocycles. The summed E-state index contributed by atoms with van der Waals surface area (Å²) in [5.74, 6) is 0.729. The van der Waals surface area contributed by atoms with Crippen LogP contribution in [-0.4, -0.2) is 10.8 Å². The summed E-state index contributed by atoms with van der Waals surface area (Å²) < 4.78 is 5.75. The molecule has 94 valence electrons. The first-order valence-electron chi connectivity index (χ1n) is 6.26.